The maximum atomic E-state index is 4.63. The molecule has 0 spiro atoms. The minimum atomic E-state index is 0.822. The van der Waals surface area contributed by atoms with E-state index in [1.165, 1.54) is 11.3 Å². The van der Waals surface area contributed by atoms with Gasteiger partial charge in [0.1, 0.15) is 5.82 Å². The number of para-hydroxylation sites is 3. The van der Waals surface area contributed by atoms with Crippen LogP contribution in [-0.4, -0.2) is 24.1 Å². The zero-order valence-electron chi connectivity index (χ0n) is 11.2. The summed E-state index contributed by atoms with van der Waals surface area (Å²) in [5.74, 6) is 1.01. The van der Waals surface area contributed by atoms with Gasteiger partial charge in [0.05, 0.1) is 11.0 Å². The highest BCUT2D eigenvalue weighted by molar-refractivity contribution is 5.74. The lowest BCUT2D eigenvalue weighted by atomic mass is 10.1. The lowest BCUT2D eigenvalue weighted by Crippen LogP contribution is -2.11. The Hall–Kier alpha value is -2.29. The SMILES string of the molecule is CN(C)c1ccccc1Cc1nc2ccccc2[nH]1. The van der Waals surface area contributed by atoms with Crippen LogP contribution in [0.25, 0.3) is 11.0 Å². The van der Waals surface area contributed by atoms with Gasteiger partial charge in [-0.15, -0.1) is 0 Å². The minimum Gasteiger partial charge on any atom is -0.377 e. The van der Waals surface area contributed by atoms with E-state index in [9.17, 15) is 0 Å². The first-order valence-electron chi connectivity index (χ1n) is 6.43. The molecule has 0 aliphatic carbocycles. The van der Waals surface area contributed by atoms with Crippen molar-refractivity contribution in [3.8, 4) is 0 Å². The van der Waals surface area contributed by atoms with E-state index in [1.807, 2.05) is 18.2 Å². The Kier molecular flexibility index (Phi) is 2.95. The molecule has 3 nitrogen and oxygen atoms in total. The van der Waals surface area contributed by atoms with Crippen molar-refractivity contribution in [2.75, 3.05) is 19.0 Å². The molecule has 3 rings (SSSR count). The van der Waals surface area contributed by atoms with Gasteiger partial charge in [0.15, 0.2) is 0 Å². The number of nitrogens with one attached hydrogen (secondary N) is 1. The molecule has 0 atom stereocenters. The third kappa shape index (κ3) is 2.32. The number of anilines is 1. The molecule has 1 heterocycles. The molecule has 96 valence electrons. The number of imidazole rings is 1. The first-order valence-corrected chi connectivity index (χ1v) is 6.43. The molecule has 2 aromatic carbocycles. The van der Waals surface area contributed by atoms with E-state index in [2.05, 4.69) is 59.3 Å². The third-order valence-electron chi connectivity index (χ3n) is 3.27. The molecule has 0 amide bonds. The fraction of sp³-hybridized carbons (Fsp3) is 0.188. The largest absolute Gasteiger partial charge is 0.377 e. The topological polar surface area (TPSA) is 31.9 Å². The Bertz CT molecular complexity index is 665. The number of H-pyrrole nitrogens is 1. The van der Waals surface area contributed by atoms with Gasteiger partial charge in [-0.2, -0.15) is 0 Å². The van der Waals surface area contributed by atoms with Crippen molar-refractivity contribution in [1.29, 1.82) is 0 Å². The molecule has 0 radical (unpaired) electrons. The summed E-state index contributed by atoms with van der Waals surface area (Å²) in [5, 5.41) is 0. The molecular formula is C16H17N3. The Morgan fingerprint density at radius 2 is 1.74 bits per heavy atom. The van der Waals surface area contributed by atoms with Crippen LogP contribution < -0.4 is 4.90 Å². The van der Waals surface area contributed by atoms with E-state index >= 15 is 0 Å². The van der Waals surface area contributed by atoms with Crippen LogP contribution in [-0.2, 0) is 6.42 Å². The van der Waals surface area contributed by atoms with Crippen LogP contribution in [0.15, 0.2) is 48.5 Å². The second-order valence-corrected chi connectivity index (χ2v) is 4.90. The summed E-state index contributed by atoms with van der Waals surface area (Å²) in [6.07, 6.45) is 0.822. The lowest BCUT2D eigenvalue weighted by molar-refractivity contribution is 1.01. The molecule has 3 aromatic rings. The summed E-state index contributed by atoms with van der Waals surface area (Å²) in [6, 6.07) is 16.6. The molecule has 1 N–H and O–H groups in total. The van der Waals surface area contributed by atoms with E-state index in [0.29, 0.717) is 0 Å². The molecule has 0 saturated carbocycles. The van der Waals surface area contributed by atoms with E-state index in [4.69, 9.17) is 0 Å². The van der Waals surface area contributed by atoms with Crippen molar-refractivity contribution in [3.05, 3.63) is 59.9 Å². The van der Waals surface area contributed by atoms with E-state index in [-0.39, 0.29) is 0 Å². The Balaban J connectivity index is 1.97. The maximum Gasteiger partial charge on any atom is 0.111 e. The molecule has 0 fully saturated rings. The number of aromatic nitrogens is 2. The Morgan fingerprint density at radius 1 is 1.00 bits per heavy atom. The molecular weight excluding hydrogens is 234 g/mol. The number of fused-ring (bicyclic) bond motifs is 1. The lowest BCUT2D eigenvalue weighted by Gasteiger charge is -2.16. The van der Waals surface area contributed by atoms with Gasteiger partial charge in [0.25, 0.3) is 0 Å². The van der Waals surface area contributed by atoms with Crippen LogP contribution in [0.3, 0.4) is 0 Å². The standard InChI is InChI=1S/C16H17N3/c1-19(2)15-10-6-3-7-12(15)11-16-17-13-8-4-5-9-14(13)18-16/h3-10H,11H2,1-2H3,(H,17,18). The molecule has 19 heavy (non-hydrogen) atoms. The van der Waals surface area contributed by atoms with Crippen LogP contribution in [0.4, 0.5) is 5.69 Å². The van der Waals surface area contributed by atoms with Crippen molar-refractivity contribution in [1.82, 2.24) is 9.97 Å². The number of hydrogen-bond donors (Lipinski definition) is 1. The van der Waals surface area contributed by atoms with Crippen molar-refractivity contribution < 1.29 is 0 Å². The Labute approximate surface area is 112 Å². The molecule has 3 heteroatoms. The number of hydrogen-bond acceptors (Lipinski definition) is 2. The van der Waals surface area contributed by atoms with Gasteiger partial charge in [-0.3, -0.25) is 0 Å². The predicted octanol–water partition coefficient (Wildman–Crippen LogP) is 3.22. The smallest absolute Gasteiger partial charge is 0.111 e. The molecule has 0 unspecified atom stereocenters. The number of nitrogens with zero attached hydrogens (tertiary/aromatic N) is 2. The molecule has 0 saturated heterocycles. The van der Waals surface area contributed by atoms with E-state index < -0.39 is 0 Å². The maximum absolute atomic E-state index is 4.63. The zero-order chi connectivity index (χ0) is 13.2. The van der Waals surface area contributed by atoms with Gasteiger partial charge in [-0.1, -0.05) is 30.3 Å². The summed E-state index contributed by atoms with van der Waals surface area (Å²) in [4.78, 5) is 10.2. The first kappa shape index (κ1) is 11.8. The molecule has 0 aliphatic rings. The minimum absolute atomic E-state index is 0.822. The summed E-state index contributed by atoms with van der Waals surface area (Å²) in [7, 11) is 4.13. The quantitative estimate of drug-likeness (QED) is 0.775. The summed E-state index contributed by atoms with van der Waals surface area (Å²) in [5.41, 5.74) is 4.65. The summed E-state index contributed by atoms with van der Waals surface area (Å²) in [6.45, 7) is 0. The van der Waals surface area contributed by atoms with Gasteiger partial charge in [-0.25, -0.2) is 4.98 Å². The van der Waals surface area contributed by atoms with Crippen molar-refractivity contribution >= 4 is 16.7 Å². The van der Waals surface area contributed by atoms with Gasteiger partial charge in [-0.05, 0) is 23.8 Å². The van der Waals surface area contributed by atoms with E-state index in [0.717, 1.165) is 23.3 Å². The molecule has 0 aliphatic heterocycles. The predicted molar refractivity (Wildman–Crippen MR) is 79.7 cm³/mol. The number of aromatic amines is 1. The van der Waals surface area contributed by atoms with Gasteiger partial charge in [0, 0.05) is 26.2 Å². The average molecular weight is 251 g/mol. The van der Waals surface area contributed by atoms with Crippen molar-refractivity contribution in [3.63, 3.8) is 0 Å². The highest BCUT2D eigenvalue weighted by atomic mass is 15.1. The third-order valence-corrected chi connectivity index (χ3v) is 3.27. The number of rotatable bonds is 3. The van der Waals surface area contributed by atoms with Gasteiger partial charge < -0.3 is 9.88 Å². The van der Waals surface area contributed by atoms with Crippen LogP contribution >= 0.6 is 0 Å². The van der Waals surface area contributed by atoms with Crippen molar-refractivity contribution in [2.45, 2.75) is 6.42 Å². The van der Waals surface area contributed by atoms with Crippen LogP contribution in [0.1, 0.15) is 11.4 Å². The zero-order valence-corrected chi connectivity index (χ0v) is 11.2. The highest BCUT2D eigenvalue weighted by Crippen LogP contribution is 2.21. The Morgan fingerprint density at radius 3 is 2.53 bits per heavy atom. The van der Waals surface area contributed by atoms with Crippen LogP contribution in [0.5, 0.6) is 0 Å². The summed E-state index contributed by atoms with van der Waals surface area (Å²) >= 11 is 0. The fourth-order valence-electron chi connectivity index (χ4n) is 2.37. The molecule has 1 aromatic heterocycles. The first-order chi connectivity index (χ1) is 9.24. The molecule has 0 bridgehead atoms. The second kappa shape index (κ2) is 4.76. The van der Waals surface area contributed by atoms with Crippen LogP contribution in [0, 0.1) is 0 Å². The average Bonchev–Trinajstić information content (AvgIpc) is 2.81. The van der Waals surface area contributed by atoms with E-state index in [1.54, 1.807) is 0 Å². The fourth-order valence-corrected chi connectivity index (χ4v) is 2.37. The highest BCUT2D eigenvalue weighted by Gasteiger charge is 2.07. The monoisotopic (exact) mass is 251 g/mol. The van der Waals surface area contributed by atoms with Crippen molar-refractivity contribution in [2.24, 2.45) is 0 Å². The van der Waals surface area contributed by atoms with Gasteiger partial charge >= 0.3 is 0 Å². The van der Waals surface area contributed by atoms with Crippen LogP contribution in [0.2, 0.25) is 0 Å². The van der Waals surface area contributed by atoms with Gasteiger partial charge in [0.2, 0.25) is 0 Å². The number of benzene rings is 2. The normalized spacial score (nSPS) is 10.8. The second-order valence-electron chi connectivity index (χ2n) is 4.90. The summed E-state index contributed by atoms with van der Waals surface area (Å²) < 4.78 is 0.